The van der Waals surface area contributed by atoms with Crippen molar-refractivity contribution in [1.82, 2.24) is 15.0 Å². The van der Waals surface area contributed by atoms with Crippen molar-refractivity contribution in [1.29, 1.82) is 0 Å². The summed E-state index contributed by atoms with van der Waals surface area (Å²) >= 11 is 0. The highest BCUT2D eigenvalue weighted by molar-refractivity contribution is 5.50. The Kier molecular flexibility index (Phi) is 6.79. The molecule has 2 unspecified atom stereocenters. The summed E-state index contributed by atoms with van der Waals surface area (Å²) in [5, 5.41) is 15.5. The average Bonchev–Trinajstić information content (AvgIpc) is 2.68. The molecule has 1 fully saturated rings. The van der Waals surface area contributed by atoms with Crippen molar-refractivity contribution < 1.29 is 31.4 Å². The standard InChI is InChI=1S/C21H25F6N5O/c1-11-6-14(20(22,23)24)12(8-28-11)9-29-18-30-10-15(21(25,26)27)17(32-18)31-13-4-5-16(33)19(2,3)7-13/h6,8,10,13,16,33H,4-5,7,9H2,1-3H3,(H2,29,30,31,32). The predicted molar refractivity (Wildman–Crippen MR) is 109 cm³/mol. The van der Waals surface area contributed by atoms with Crippen LogP contribution in [0.25, 0.3) is 0 Å². The summed E-state index contributed by atoms with van der Waals surface area (Å²) < 4.78 is 80.5. The van der Waals surface area contributed by atoms with Crippen molar-refractivity contribution in [2.75, 3.05) is 10.6 Å². The van der Waals surface area contributed by atoms with Gasteiger partial charge in [-0.15, -0.1) is 0 Å². The minimum Gasteiger partial charge on any atom is -0.393 e. The van der Waals surface area contributed by atoms with E-state index in [2.05, 4.69) is 25.6 Å². The molecule has 1 aliphatic rings. The molecule has 0 amide bonds. The van der Waals surface area contributed by atoms with Gasteiger partial charge in [-0.2, -0.15) is 31.3 Å². The van der Waals surface area contributed by atoms with E-state index in [0.29, 0.717) is 25.5 Å². The number of aliphatic hydroxyl groups is 1. The highest BCUT2D eigenvalue weighted by Crippen LogP contribution is 2.39. The van der Waals surface area contributed by atoms with Crippen LogP contribution in [0.4, 0.5) is 38.1 Å². The number of alkyl halides is 6. The molecule has 0 aromatic carbocycles. The molecule has 1 aliphatic carbocycles. The number of nitrogens with one attached hydrogen (secondary N) is 2. The maximum absolute atomic E-state index is 13.5. The summed E-state index contributed by atoms with van der Waals surface area (Å²) in [7, 11) is 0. The third-order valence-electron chi connectivity index (χ3n) is 5.76. The van der Waals surface area contributed by atoms with Crippen molar-refractivity contribution in [3.63, 3.8) is 0 Å². The van der Waals surface area contributed by atoms with E-state index in [-0.39, 0.29) is 29.8 Å². The number of aryl methyl sites for hydroxylation is 1. The van der Waals surface area contributed by atoms with Gasteiger partial charge in [0.05, 0.1) is 11.7 Å². The fraction of sp³-hybridized carbons (Fsp3) is 0.571. The molecule has 33 heavy (non-hydrogen) atoms. The highest BCUT2D eigenvalue weighted by Gasteiger charge is 2.39. The molecule has 0 saturated heterocycles. The summed E-state index contributed by atoms with van der Waals surface area (Å²) in [5.41, 5.74) is -2.46. The monoisotopic (exact) mass is 477 g/mol. The second-order valence-corrected chi connectivity index (χ2v) is 8.91. The molecule has 2 aromatic heterocycles. The Morgan fingerprint density at radius 2 is 1.70 bits per heavy atom. The molecule has 3 N–H and O–H groups in total. The van der Waals surface area contributed by atoms with Gasteiger partial charge < -0.3 is 15.7 Å². The smallest absolute Gasteiger partial charge is 0.393 e. The molecule has 182 valence electrons. The van der Waals surface area contributed by atoms with E-state index in [4.69, 9.17) is 0 Å². The van der Waals surface area contributed by atoms with Crippen LogP contribution < -0.4 is 10.6 Å². The zero-order valence-corrected chi connectivity index (χ0v) is 18.3. The number of nitrogens with zero attached hydrogens (tertiary/aromatic N) is 3. The maximum atomic E-state index is 13.5. The topological polar surface area (TPSA) is 83.0 Å². The molecule has 6 nitrogen and oxygen atoms in total. The van der Waals surface area contributed by atoms with Crippen LogP contribution in [0.3, 0.4) is 0 Å². The molecule has 0 bridgehead atoms. The third-order valence-corrected chi connectivity index (χ3v) is 5.76. The normalized spacial score (nSPS) is 21.0. The van der Waals surface area contributed by atoms with Crippen LogP contribution >= 0.6 is 0 Å². The number of pyridine rings is 1. The van der Waals surface area contributed by atoms with Gasteiger partial charge >= 0.3 is 12.4 Å². The van der Waals surface area contributed by atoms with Gasteiger partial charge in [-0.3, -0.25) is 4.98 Å². The largest absolute Gasteiger partial charge is 0.421 e. The highest BCUT2D eigenvalue weighted by atomic mass is 19.4. The van der Waals surface area contributed by atoms with E-state index < -0.39 is 40.8 Å². The zero-order chi connectivity index (χ0) is 24.6. The third kappa shape index (κ3) is 6.04. The maximum Gasteiger partial charge on any atom is 0.421 e. The lowest BCUT2D eigenvalue weighted by molar-refractivity contribution is -0.138. The van der Waals surface area contributed by atoms with Crippen LogP contribution in [0, 0.1) is 12.3 Å². The first kappa shape index (κ1) is 25.0. The number of hydrogen-bond acceptors (Lipinski definition) is 6. The lowest BCUT2D eigenvalue weighted by Crippen LogP contribution is -2.41. The summed E-state index contributed by atoms with van der Waals surface area (Å²) in [6.45, 7) is 4.71. The molecule has 2 heterocycles. The molecular formula is C21H25F6N5O. The van der Waals surface area contributed by atoms with E-state index in [1.165, 1.54) is 6.92 Å². The van der Waals surface area contributed by atoms with Gasteiger partial charge in [0.1, 0.15) is 11.4 Å². The van der Waals surface area contributed by atoms with Gasteiger partial charge in [0.2, 0.25) is 5.95 Å². The minimum absolute atomic E-state index is 0.184. The molecule has 2 atom stereocenters. The van der Waals surface area contributed by atoms with Gasteiger partial charge in [-0.25, -0.2) is 4.98 Å². The second-order valence-electron chi connectivity index (χ2n) is 8.91. The Bertz CT molecular complexity index is 992. The van der Waals surface area contributed by atoms with Crippen LogP contribution in [0.2, 0.25) is 0 Å². The fourth-order valence-corrected chi connectivity index (χ4v) is 3.89. The van der Waals surface area contributed by atoms with Crippen LogP contribution in [-0.2, 0) is 18.9 Å². The molecular weight excluding hydrogens is 452 g/mol. The first-order chi connectivity index (χ1) is 15.2. The molecule has 0 aliphatic heterocycles. The number of halogens is 6. The quantitative estimate of drug-likeness (QED) is 0.515. The first-order valence-electron chi connectivity index (χ1n) is 10.3. The molecule has 0 spiro atoms. The van der Waals surface area contributed by atoms with Crippen LogP contribution in [0.5, 0.6) is 0 Å². The van der Waals surface area contributed by atoms with E-state index in [1.54, 1.807) is 0 Å². The van der Waals surface area contributed by atoms with Gasteiger partial charge in [0.15, 0.2) is 0 Å². The van der Waals surface area contributed by atoms with Crippen molar-refractivity contribution in [2.24, 2.45) is 5.41 Å². The van der Waals surface area contributed by atoms with E-state index in [1.807, 2.05) is 13.8 Å². The lowest BCUT2D eigenvalue weighted by atomic mass is 9.73. The van der Waals surface area contributed by atoms with Crippen molar-refractivity contribution in [3.8, 4) is 0 Å². The molecule has 0 radical (unpaired) electrons. The predicted octanol–water partition coefficient (Wildman–Crippen LogP) is 5.18. The summed E-state index contributed by atoms with van der Waals surface area (Å²) in [6.07, 6.45) is -6.97. The number of hydrogen-bond donors (Lipinski definition) is 3. The number of rotatable bonds is 5. The second kappa shape index (κ2) is 8.96. The molecule has 3 rings (SSSR count). The van der Waals surface area contributed by atoms with Crippen LogP contribution in [0.15, 0.2) is 18.5 Å². The molecule has 2 aromatic rings. The number of aliphatic hydroxyl groups excluding tert-OH is 1. The van der Waals surface area contributed by atoms with Gasteiger partial charge in [0, 0.05) is 36.2 Å². The first-order valence-corrected chi connectivity index (χ1v) is 10.3. The fourth-order valence-electron chi connectivity index (χ4n) is 3.89. The Balaban J connectivity index is 1.84. The summed E-state index contributed by atoms with van der Waals surface area (Å²) in [5.74, 6) is -0.718. The average molecular weight is 477 g/mol. The van der Waals surface area contributed by atoms with E-state index >= 15 is 0 Å². The van der Waals surface area contributed by atoms with Crippen LogP contribution in [0.1, 0.15) is 55.5 Å². The Labute approximate surface area is 186 Å². The lowest BCUT2D eigenvalue weighted by Gasteiger charge is -2.40. The minimum atomic E-state index is -4.73. The van der Waals surface area contributed by atoms with Crippen LogP contribution in [-0.4, -0.2) is 32.2 Å². The van der Waals surface area contributed by atoms with E-state index in [9.17, 15) is 31.4 Å². The van der Waals surface area contributed by atoms with Gasteiger partial charge in [-0.05, 0) is 37.7 Å². The zero-order valence-electron chi connectivity index (χ0n) is 18.3. The number of anilines is 2. The summed E-state index contributed by atoms with van der Waals surface area (Å²) in [6, 6.07) is 0.530. The Morgan fingerprint density at radius 1 is 1.03 bits per heavy atom. The SMILES string of the molecule is Cc1cc(C(F)(F)F)c(CNc2ncc(C(F)(F)F)c(NC3CCC(O)C(C)(C)C3)n2)cn1. The Hall–Kier alpha value is -2.63. The Morgan fingerprint density at radius 3 is 2.30 bits per heavy atom. The molecule has 1 saturated carbocycles. The van der Waals surface area contributed by atoms with Gasteiger partial charge in [-0.1, -0.05) is 13.8 Å². The van der Waals surface area contributed by atoms with Crippen molar-refractivity contribution in [3.05, 3.63) is 40.8 Å². The van der Waals surface area contributed by atoms with E-state index in [0.717, 1.165) is 12.3 Å². The number of aromatic nitrogens is 3. The van der Waals surface area contributed by atoms with Crippen molar-refractivity contribution >= 4 is 11.8 Å². The van der Waals surface area contributed by atoms with Gasteiger partial charge in [0.25, 0.3) is 0 Å². The molecule has 12 heteroatoms. The summed E-state index contributed by atoms with van der Waals surface area (Å²) in [4.78, 5) is 11.4. The van der Waals surface area contributed by atoms with Crippen molar-refractivity contribution in [2.45, 2.75) is 71.1 Å².